The number of aryl methyl sites for hydroxylation is 2. The van der Waals surface area contributed by atoms with Crippen LogP contribution in [0, 0.1) is 6.92 Å². The zero-order valence-electron chi connectivity index (χ0n) is 10.4. The smallest absolute Gasteiger partial charge is 0.296 e. The average molecular weight is 245 g/mol. The van der Waals surface area contributed by atoms with Crippen molar-refractivity contribution >= 4 is 11.7 Å². The number of hydrogen-bond donors (Lipinski definition) is 2. The van der Waals surface area contributed by atoms with Crippen molar-refractivity contribution in [3.63, 3.8) is 0 Å². The number of carbonyl (C=O) groups is 1. The van der Waals surface area contributed by atoms with Gasteiger partial charge in [0.1, 0.15) is 11.6 Å². The van der Waals surface area contributed by atoms with Crippen LogP contribution in [-0.4, -0.2) is 26.1 Å². The molecule has 0 bridgehead atoms. The maximum absolute atomic E-state index is 11.8. The number of pyridine rings is 1. The van der Waals surface area contributed by atoms with Crippen LogP contribution in [0.15, 0.2) is 18.3 Å². The quantitative estimate of drug-likeness (QED) is 0.859. The van der Waals surface area contributed by atoms with E-state index in [1.54, 1.807) is 12.3 Å². The summed E-state index contributed by atoms with van der Waals surface area (Å²) in [6, 6.07) is 3.65. The van der Waals surface area contributed by atoms with Crippen LogP contribution in [0.4, 0.5) is 5.82 Å². The molecule has 0 spiro atoms. The third-order valence-electron chi connectivity index (χ3n) is 2.38. The molecule has 0 aliphatic carbocycles. The first kappa shape index (κ1) is 12.2. The first-order valence-corrected chi connectivity index (χ1v) is 5.84. The minimum absolute atomic E-state index is 0.141. The number of nitrogens with zero attached hydrogens (tertiary/aromatic N) is 3. The number of nitrogens with one attached hydrogen (secondary N) is 2. The topological polar surface area (TPSA) is 83.6 Å². The number of amides is 1. The van der Waals surface area contributed by atoms with Gasteiger partial charge < -0.3 is 5.32 Å². The Hall–Kier alpha value is -2.24. The fourth-order valence-electron chi connectivity index (χ4n) is 1.52. The van der Waals surface area contributed by atoms with Crippen molar-refractivity contribution in [3.8, 4) is 0 Å². The molecule has 0 saturated heterocycles. The van der Waals surface area contributed by atoms with E-state index in [1.807, 2.05) is 19.9 Å². The molecule has 2 aromatic rings. The van der Waals surface area contributed by atoms with Crippen LogP contribution in [0.1, 0.15) is 35.4 Å². The van der Waals surface area contributed by atoms with Crippen LogP contribution in [0.25, 0.3) is 0 Å². The van der Waals surface area contributed by atoms with Gasteiger partial charge in [-0.3, -0.25) is 9.89 Å². The van der Waals surface area contributed by atoms with E-state index in [0.717, 1.165) is 24.2 Å². The Morgan fingerprint density at radius 3 is 3.06 bits per heavy atom. The number of aromatic amines is 1. The van der Waals surface area contributed by atoms with E-state index in [2.05, 4.69) is 25.5 Å². The third kappa shape index (κ3) is 2.91. The van der Waals surface area contributed by atoms with Gasteiger partial charge in [-0.25, -0.2) is 9.97 Å². The Kier molecular flexibility index (Phi) is 3.66. The molecule has 94 valence electrons. The lowest BCUT2D eigenvalue weighted by Gasteiger charge is -2.01. The fourth-order valence-corrected chi connectivity index (χ4v) is 1.52. The Balaban J connectivity index is 2.07. The molecule has 0 aliphatic heterocycles. The molecular formula is C12H15N5O. The number of rotatable bonds is 4. The molecule has 0 unspecified atom stereocenters. The van der Waals surface area contributed by atoms with Gasteiger partial charge in [0, 0.05) is 12.6 Å². The van der Waals surface area contributed by atoms with Crippen molar-refractivity contribution in [2.24, 2.45) is 0 Å². The summed E-state index contributed by atoms with van der Waals surface area (Å²) < 4.78 is 0. The molecule has 0 atom stereocenters. The monoisotopic (exact) mass is 245 g/mol. The zero-order valence-corrected chi connectivity index (χ0v) is 10.4. The molecule has 0 saturated carbocycles. The Morgan fingerprint density at radius 1 is 1.50 bits per heavy atom. The summed E-state index contributed by atoms with van der Waals surface area (Å²) in [4.78, 5) is 20.0. The standard InChI is InChI=1S/C12H15N5O/c1-3-4-9-14-11(17-16-9)12(18)15-10-7-8(2)5-6-13-10/h5-7H,3-4H2,1-2H3,(H,13,15,18)(H,14,16,17). The van der Waals surface area contributed by atoms with Gasteiger partial charge in [0.05, 0.1) is 0 Å². The summed E-state index contributed by atoms with van der Waals surface area (Å²) >= 11 is 0. The second kappa shape index (κ2) is 5.39. The molecule has 2 N–H and O–H groups in total. The molecular weight excluding hydrogens is 230 g/mol. The van der Waals surface area contributed by atoms with E-state index in [1.165, 1.54) is 0 Å². The largest absolute Gasteiger partial charge is 0.304 e. The van der Waals surface area contributed by atoms with E-state index < -0.39 is 0 Å². The van der Waals surface area contributed by atoms with Crippen molar-refractivity contribution in [1.82, 2.24) is 20.2 Å². The Morgan fingerprint density at radius 2 is 2.33 bits per heavy atom. The van der Waals surface area contributed by atoms with Gasteiger partial charge in [-0.2, -0.15) is 0 Å². The lowest BCUT2D eigenvalue weighted by molar-refractivity contribution is 0.101. The molecule has 6 nitrogen and oxygen atoms in total. The zero-order chi connectivity index (χ0) is 13.0. The minimum atomic E-state index is -0.355. The van der Waals surface area contributed by atoms with Crippen LogP contribution in [0.5, 0.6) is 0 Å². The maximum Gasteiger partial charge on any atom is 0.296 e. The van der Waals surface area contributed by atoms with Crippen LogP contribution < -0.4 is 5.32 Å². The van der Waals surface area contributed by atoms with Crippen LogP contribution in [-0.2, 0) is 6.42 Å². The first-order valence-electron chi connectivity index (χ1n) is 5.84. The van der Waals surface area contributed by atoms with E-state index >= 15 is 0 Å². The maximum atomic E-state index is 11.8. The van der Waals surface area contributed by atoms with Crippen molar-refractivity contribution in [2.75, 3.05) is 5.32 Å². The fraction of sp³-hybridized carbons (Fsp3) is 0.333. The SMILES string of the molecule is CCCc1nc(C(=O)Nc2cc(C)ccn2)n[nH]1. The Bertz CT molecular complexity index is 549. The van der Waals surface area contributed by atoms with Crippen LogP contribution in [0.3, 0.4) is 0 Å². The number of H-pyrrole nitrogens is 1. The van der Waals surface area contributed by atoms with Crippen LogP contribution in [0.2, 0.25) is 0 Å². The first-order chi connectivity index (χ1) is 8.69. The molecule has 2 heterocycles. The van der Waals surface area contributed by atoms with Gasteiger partial charge in [0.25, 0.3) is 5.91 Å². The highest BCUT2D eigenvalue weighted by atomic mass is 16.2. The molecule has 0 aliphatic rings. The predicted octanol–water partition coefficient (Wildman–Crippen LogP) is 1.71. The van der Waals surface area contributed by atoms with Crippen molar-refractivity contribution in [3.05, 3.63) is 35.5 Å². The lowest BCUT2D eigenvalue weighted by Crippen LogP contribution is -2.14. The number of aromatic nitrogens is 4. The molecule has 2 aromatic heterocycles. The summed E-state index contributed by atoms with van der Waals surface area (Å²) in [6.45, 7) is 3.97. The van der Waals surface area contributed by atoms with Crippen molar-refractivity contribution < 1.29 is 4.79 Å². The highest BCUT2D eigenvalue weighted by molar-refractivity contribution is 6.00. The van der Waals surface area contributed by atoms with Gasteiger partial charge in [0.15, 0.2) is 0 Å². The van der Waals surface area contributed by atoms with E-state index in [9.17, 15) is 4.79 Å². The van der Waals surface area contributed by atoms with Gasteiger partial charge in [-0.1, -0.05) is 6.92 Å². The summed E-state index contributed by atoms with van der Waals surface area (Å²) in [6.07, 6.45) is 3.38. The summed E-state index contributed by atoms with van der Waals surface area (Å²) in [5, 5.41) is 9.28. The van der Waals surface area contributed by atoms with E-state index in [-0.39, 0.29) is 11.7 Å². The second-order valence-electron chi connectivity index (χ2n) is 4.03. The second-order valence-corrected chi connectivity index (χ2v) is 4.03. The molecule has 6 heteroatoms. The van der Waals surface area contributed by atoms with Crippen molar-refractivity contribution in [2.45, 2.75) is 26.7 Å². The summed E-state index contributed by atoms with van der Waals surface area (Å²) in [5.74, 6) is 1.01. The number of hydrogen-bond acceptors (Lipinski definition) is 4. The molecule has 0 aromatic carbocycles. The van der Waals surface area contributed by atoms with Gasteiger partial charge in [-0.15, -0.1) is 5.10 Å². The predicted molar refractivity (Wildman–Crippen MR) is 67.3 cm³/mol. The molecule has 18 heavy (non-hydrogen) atoms. The summed E-state index contributed by atoms with van der Waals surface area (Å²) in [7, 11) is 0. The highest BCUT2D eigenvalue weighted by Crippen LogP contribution is 2.06. The highest BCUT2D eigenvalue weighted by Gasteiger charge is 2.12. The third-order valence-corrected chi connectivity index (χ3v) is 2.38. The Labute approximate surface area is 105 Å². The molecule has 0 radical (unpaired) electrons. The number of carbonyl (C=O) groups excluding carboxylic acids is 1. The van der Waals surface area contributed by atoms with Crippen LogP contribution >= 0.6 is 0 Å². The minimum Gasteiger partial charge on any atom is -0.304 e. The molecule has 0 fully saturated rings. The summed E-state index contributed by atoms with van der Waals surface area (Å²) in [5.41, 5.74) is 1.03. The van der Waals surface area contributed by atoms with Crippen molar-refractivity contribution in [1.29, 1.82) is 0 Å². The molecule has 1 amide bonds. The average Bonchev–Trinajstić information content (AvgIpc) is 2.78. The lowest BCUT2D eigenvalue weighted by atomic mass is 10.3. The van der Waals surface area contributed by atoms with Gasteiger partial charge in [0.2, 0.25) is 5.82 Å². The van der Waals surface area contributed by atoms with Gasteiger partial charge in [-0.05, 0) is 31.0 Å². The van der Waals surface area contributed by atoms with E-state index in [4.69, 9.17) is 0 Å². The normalized spacial score (nSPS) is 10.3. The number of anilines is 1. The molecule has 2 rings (SSSR count). The van der Waals surface area contributed by atoms with Gasteiger partial charge >= 0.3 is 0 Å². The van der Waals surface area contributed by atoms with E-state index in [0.29, 0.717) is 5.82 Å².